The smallest absolute Gasteiger partial charge is 0.328 e. The molecule has 116 valence electrons. The summed E-state index contributed by atoms with van der Waals surface area (Å²) in [5, 5.41) is 2.44. The molecule has 1 atom stereocenters. The van der Waals surface area contributed by atoms with Gasteiger partial charge in [0.2, 0.25) is 5.91 Å². The number of benzene rings is 1. The number of esters is 1. The number of fused-ring (bicyclic) bond motifs is 1. The molecule has 7 heteroatoms. The number of imide groups is 1. The monoisotopic (exact) mass is 304 g/mol. The number of hydrogen-bond donors (Lipinski definition) is 1. The van der Waals surface area contributed by atoms with Crippen LogP contribution in [-0.2, 0) is 14.3 Å². The van der Waals surface area contributed by atoms with Crippen LogP contribution in [0.3, 0.4) is 0 Å². The second kappa shape index (κ2) is 6.38. The molecule has 1 N–H and O–H groups in total. The third kappa shape index (κ3) is 2.98. The number of nitrogens with one attached hydrogen (secondary N) is 1. The van der Waals surface area contributed by atoms with Gasteiger partial charge in [0.25, 0.3) is 11.8 Å². The van der Waals surface area contributed by atoms with E-state index in [1.807, 2.05) is 0 Å². The zero-order valence-electron chi connectivity index (χ0n) is 12.3. The number of ether oxygens (including phenoxy) is 1. The summed E-state index contributed by atoms with van der Waals surface area (Å²) in [7, 11) is 1.23. The molecule has 0 saturated heterocycles. The molecule has 7 nitrogen and oxygen atoms in total. The molecule has 1 aromatic carbocycles. The summed E-state index contributed by atoms with van der Waals surface area (Å²) in [5.41, 5.74) is 0.687. The minimum absolute atomic E-state index is 0.0356. The van der Waals surface area contributed by atoms with Gasteiger partial charge in [-0.1, -0.05) is 12.1 Å². The van der Waals surface area contributed by atoms with E-state index in [9.17, 15) is 19.2 Å². The lowest BCUT2D eigenvalue weighted by Crippen LogP contribution is -2.41. The Morgan fingerprint density at radius 2 is 1.73 bits per heavy atom. The first-order chi connectivity index (χ1) is 10.5. The Morgan fingerprint density at radius 1 is 1.18 bits per heavy atom. The van der Waals surface area contributed by atoms with Gasteiger partial charge in [-0.2, -0.15) is 0 Å². The number of carbonyl (C=O) groups is 4. The second-order valence-electron chi connectivity index (χ2n) is 4.87. The molecule has 0 fully saturated rings. The Morgan fingerprint density at radius 3 is 2.23 bits per heavy atom. The highest BCUT2D eigenvalue weighted by Crippen LogP contribution is 2.22. The van der Waals surface area contributed by atoms with E-state index in [4.69, 9.17) is 0 Å². The van der Waals surface area contributed by atoms with E-state index >= 15 is 0 Å². The molecular formula is C15H16N2O5. The minimum atomic E-state index is -0.778. The van der Waals surface area contributed by atoms with Gasteiger partial charge in [0.1, 0.15) is 6.04 Å². The fraction of sp³-hybridized carbons (Fsp3) is 0.333. The highest BCUT2D eigenvalue weighted by atomic mass is 16.5. The van der Waals surface area contributed by atoms with Crippen LogP contribution in [0.2, 0.25) is 0 Å². The van der Waals surface area contributed by atoms with Crippen LogP contribution in [0.1, 0.15) is 34.1 Å². The first-order valence-electron chi connectivity index (χ1n) is 6.78. The maximum absolute atomic E-state index is 12.1. The second-order valence-corrected chi connectivity index (χ2v) is 4.87. The van der Waals surface area contributed by atoms with E-state index in [0.717, 1.165) is 4.90 Å². The van der Waals surface area contributed by atoms with Crippen LogP contribution in [0.25, 0.3) is 0 Å². The average molecular weight is 304 g/mol. The third-order valence-corrected chi connectivity index (χ3v) is 3.37. The highest BCUT2D eigenvalue weighted by Gasteiger charge is 2.35. The lowest BCUT2D eigenvalue weighted by molar-refractivity contribution is -0.144. The van der Waals surface area contributed by atoms with Crippen molar-refractivity contribution in [2.24, 2.45) is 0 Å². The predicted molar refractivity (Wildman–Crippen MR) is 76.0 cm³/mol. The number of carbonyl (C=O) groups excluding carboxylic acids is 4. The molecule has 0 saturated carbocycles. The summed E-state index contributed by atoms with van der Waals surface area (Å²) >= 11 is 0. The summed E-state index contributed by atoms with van der Waals surface area (Å²) in [6, 6.07) is 5.74. The minimum Gasteiger partial charge on any atom is -0.467 e. The lowest BCUT2D eigenvalue weighted by Gasteiger charge is -2.15. The van der Waals surface area contributed by atoms with Crippen LogP contribution < -0.4 is 5.32 Å². The number of rotatable bonds is 5. The fourth-order valence-corrected chi connectivity index (χ4v) is 2.20. The summed E-state index contributed by atoms with van der Waals surface area (Å²) in [6.07, 6.45) is -0.0766. The molecule has 0 bridgehead atoms. The van der Waals surface area contributed by atoms with E-state index in [2.05, 4.69) is 10.1 Å². The van der Waals surface area contributed by atoms with E-state index < -0.39 is 29.7 Å². The van der Waals surface area contributed by atoms with E-state index in [-0.39, 0.29) is 13.0 Å². The van der Waals surface area contributed by atoms with Crippen LogP contribution >= 0.6 is 0 Å². The Bertz CT molecular complexity index is 606. The van der Waals surface area contributed by atoms with Gasteiger partial charge < -0.3 is 10.1 Å². The molecule has 2 rings (SSSR count). The van der Waals surface area contributed by atoms with E-state index in [1.165, 1.54) is 14.0 Å². The predicted octanol–water partition coefficient (Wildman–Crippen LogP) is 0.350. The standard InChI is InChI=1S/C15H16N2O5/c1-9(15(21)22-2)16-12(18)7-8-17-13(19)10-5-3-4-6-11(10)14(17)20/h3-6,9H,7-8H2,1-2H3,(H,16,18)/t9-/m1/s1. The first-order valence-corrected chi connectivity index (χ1v) is 6.78. The number of nitrogens with zero attached hydrogens (tertiary/aromatic N) is 1. The van der Waals surface area contributed by atoms with Crippen molar-refractivity contribution >= 4 is 23.7 Å². The lowest BCUT2D eigenvalue weighted by atomic mass is 10.1. The summed E-state index contributed by atoms with van der Waals surface area (Å²) in [6.45, 7) is 1.46. The Balaban J connectivity index is 1.93. The number of amides is 3. The third-order valence-electron chi connectivity index (χ3n) is 3.37. The van der Waals surface area contributed by atoms with Gasteiger partial charge in [-0.3, -0.25) is 19.3 Å². The first kappa shape index (κ1) is 15.7. The van der Waals surface area contributed by atoms with Crippen molar-refractivity contribution in [3.05, 3.63) is 35.4 Å². The molecule has 0 spiro atoms. The Hall–Kier alpha value is -2.70. The van der Waals surface area contributed by atoms with Crippen LogP contribution in [0.4, 0.5) is 0 Å². The van der Waals surface area contributed by atoms with Crippen molar-refractivity contribution < 1.29 is 23.9 Å². The van der Waals surface area contributed by atoms with E-state index in [0.29, 0.717) is 11.1 Å². The van der Waals surface area contributed by atoms with E-state index in [1.54, 1.807) is 24.3 Å². The van der Waals surface area contributed by atoms with Crippen molar-refractivity contribution in [2.45, 2.75) is 19.4 Å². The van der Waals surface area contributed by atoms with Crippen molar-refractivity contribution in [2.75, 3.05) is 13.7 Å². The molecule has 0 unspecified atom stereocenters. The molecule has 3 amide bonds. The van der Waals surface area contributed by atoms with Gasteiger partial charge in [0.05, 0.1) is 18.2 Å². The van der Waals surface area contributed by atoms with Crippen molar-refractivity contribution in [3.8, 4) is 0 Å². The largest absolute Gasteiger partial charge is 0.467 e. The van der Waals surface area contributed by atoms with Gasteiger partial charge in [-0.25, -0.2) is 4.79 Å². The molecule has 22 heavy (non-hydrogen) atoms. The van der Waals surface area contributed by atoms with Gasteiger partial charge in [0.15, 0.2) is 0 Å². The number of hydrogen-bond acceptors (Lipinski definition) is 5. The Labute approximate surface area is 127 Å². The highest BCUT2D eigenvalue weighted by molar-refractivity contribution is 6.21. The van der Waals surface area contributed by atoms with Crippen molar-refractivity contribution in [1.29, 1.82) is 0 Å². The quantitative estimate of drug-likeness (QED) is 0.626. The van der Waals surface area contributed by atoms with Crippen LogP contribution in [0, 0.1) is 0 Å². The van der Waals surface area contributed by atoms with Crippen LogP contribution in [0.15, 0.2) is 24.3 Å². The number of methoxy groups -OCH3 is 1. The SMILES string of the molecule is COC(=O)[C@@H](C)NC(=O)CCN1C(=O)c2ccccc2C1=O. The molecule has 1 heterocycles. The molecule has 1 aliphatic rings. The van der Waals surface area contributed by atoms with Crippen LogP contribution in [-0.4, -0.2) is 48.3 Å². The van der Waals surface area contributed by atoms with Gasteiger partial charge in [0, 0.05) is 13.0 Å². The fourth-order valence-electron chi connectivity index (χ4n) is 2.20. The summed E-state index contributed by atoms with van der Waals surface area (Å²) in [5.74, 6) is -1.81. The van der Waals surface area contributed by atoms with Gasteiger partial charge >= 0.3 is 5.97 Å². The molecule has 0 radical (unpaired) electrons. The van der Waals surface area contributed by atoms with Gasteiger partial charge in [-0.15, -0.1) is 0 Å². The van der Waals surface area contributed by atoms with Crippen molar-refractivity contribution in [3.63, 3.8) is 0 Å². The average Bonchev–Trinajstić information content (AvgIpc) is 2.76. The maximum Gasteiger partial charge on any atom is 0.328 e. The molecule has 1 aromatic rings. The molecule has 0 aromatic heterocycles. The topological polar surface area (TPSA) is 92.8 Å². The summed E-state index contributed by atoms with van der Waals surface area (Å²) in [4.78, 5) is 48.2. The Kier molecular flexibility index (Phi) is 4.55. The van der Waals surface area contributed by atoms with Crippen LogP contribution in [0.5, 0.6) is 0 Å². The normalized spacial score (nSPS) is 14.5. The maximum atomic E-state index is 12.1. The molecule has 0 aliphatic carbocycles. The van der Waals surface area contributed by atoms with Gasteiger partial charge in [-0.05, 0) is 19.1 Å². The zero-order valence-corrected chi connectivity index (χ0v) is 12.3. The molecule has 1 aliphatic heterocycles. The molecular weight excluding hydrogens is 288 g/mol. The van der Waals surface area contributed by atoms with Crippen molar-refractivity contribution in [1.82, 2.24) is 10.2 Å². The summed E-state index contributed by atoms with van der Waals surface area (Å²) < 4.78 is 4.49. The zero-order chi connectivity index (χ0) is 16.3.